The Morgan fingerprint density at radius 1 is 1.20 bits per heavy atom. The van der Waals surface area contributed by atoms with Gasteiger partial charge in [0.15, 0.2) is 12.4 Å². The number of aromatic carboxylic acids is 1. The quantitative estimate of drug-likeness (QED) is 0.855. The molecule has 0 atom stereocenters. The van der Waals surface area contributed by atoms with Crippen LogP contribution in [0.1, 0.15) is 15.9 Å². The highest BCUT2D eigenvalue weighted by molar-refractivity contribution is 7.92. The Labute approximate surface area is 116 Å². The van der Waals surface area contributed by atoms with Crippen molar-refractivity contribution in [3.63, 3.8) is 0 Å². The summed E-state index contributed by atoms with van der Waals surface area (Å²) in [5.41, 5.74) is 0.643. The number of rotatable bonds is 4. The van der Waals surface area contributed by atoms with E-state index in [0.29, 0.717) is 11.3 Å². The molecule has 0 spiro atoms. The number of hydrogen-bond acceptors (Lipinski definition) is 4. The van der Waals surface area contributed by atoms with Gasteiger partial charge in [-0.25, -0.2) is 13.4 Å². The molecule has 1 heterocycles. The summed E-state index contributed by atoms with van der Waals surface area (Å²) < 4.78 is 26.9. The van der Waals surface area contributed by atoms with Crippen molar-refractivity contribution in [1.82, 2.24) is 0 Å². The summed E-state index contributed by atoms with van der Waals surface area (Å²) in [6.07, 6.45) is 3.14. The molecule has 1 aromatic heterocycles. The summed E-state index contributed by atoms with van der Waals surface area (Å²) in [5, 5.41) is 10.8. The van der Waals surface area contributed by atoms with Crippen LogP contribution in [0.15, 0.2) is 47.6 Å². The molecule has 0 amide bonds. The first kappa shape index (κ1) is 14.0. The molecule has 1 aromatic carbocycles. The number of H-pyrrole nitrogens is 1. The maximum Gasteiger partial charge on any atom is 0.262 e. The predicted octanol–water partition coefficient (Wildman–Crippen LogP) is -0.0266. The Morgan fingerprint density at radius 2 is 1.85 bits per heavy atom. The molecule has 0 unspecified atom stereocenters. The van der Waals surface area contributed by atoms with Gasteiger partial charge >= 0.3 is 0 Å². The van der Waals surface area contributed by atoms with Crippen LogP contribution in [0, 0.1) is 6.92 Å². The third-order valence-electron chi connectivity index (χ3n) is 2.68. The van der Waals surface area contributed by atoms with Crippen molar-refractivity contribution < 1.29 is 23.3 Å². The number of carbonyl (C=O) groups is 1. The lowest BCUT2D eigenvalue weighted by atomic mass is 10.1. The van der Waals surface area contributed by atoms with Crippen LogP contribution in [-0.4, -0.2) is 14.4 Å². The summed E-state index contributed by atoms with van der Waals surface area (Å²) in [4.78, 5) is 13.5. The molecule has 0 saturated heterocycles. The Kier molecular flexibility index (Phi) is 3.71. The van der Waals surface area contributed by atoms with Gasteiger partial charge < -0.3 is 9.90 Å². The fourth-order valence-corrected chi connectivity index (χ4v) is 3.01. The third-order valence-corrected chi connectivity index (χ3v) is 4.21. The van der Waals surface area contributed by atoms with Crippen LogP contribution in [-0.2, 0) is 10.0 Å². The number of aryl methyl sites for hydroxylation is 1. The SMILES string of the molecule is Cc1ccc(C(=O)[O-])cc1S(=O)(=O)Nc1cc[nH+]cc1. The molecule has 2 N–H and O–H groups in total. The average Bonchev–Trinajstić information content (AvgIpc) is 2.39. The first-order valence-electron chi connectivity index (χ1n) is 5.71. The lowest BCUT2D eigenvalue weighted by Gasteiger charge is -2.11. The van der Waals surface area contributed by atoms with Crippen molar-refractivity contribution >= 4 is 21.7 Å². The Hall–Kier alpha value is -2.41. The molecule has 0 radical (unpaired) electrons. The summed E-state index contributed by atoms with van der Waals surface area (Å²) in [6, 6.07) is 6.92. The van der Waals surface area contributed by atoms with Gasteiger partial charge in [0.2, 0.25) is 0 Å². The van der Waals surface area contributed by atoms with Gasteiger partial charge in [-0.05, 0) is 24.1 Å². The predicted molar refractivity (Wildman–Crippen MR) is 69.3 cm³/mol. The summed E-state index contributed by atoms with van der Waals surface area (Å²) in [5.74, 6) is -1.42. The van der Waals surface area contributed by atoms with Crippen LogP contribution < -0.4 is 14.8 Å². The molecule has 7 heteroatoms. The van der Waals surface area contributed by atoms with Gasteiger partial charge in [0.1, 0.15) is 0 Å². The molecule has 6 nitrogen and oxygen atoms in total. The summed E-state index contributed by atoms with van der Waals surface area (Å²) >= 11 is 0. The second-order valence-corrected chi connectivity index (χ2v) is 5.81. The van der Waals surface area contributed by atoms with Crippen LogP contribution in [0.25, 0.3) is 0 Å². The van der Waals surface area contributed by atoms with E-state index in [1.165, 1.54) is 12.1 Å². The van der Waals surface area contributed by atoms with Gasteiger partial charge in [0, 0.05) is 12.1 Å². The number of sulfonamides is 1. The van der Waals surface area contributed by atoms with Gasteiger partial charge in [-0.15, -0.1) is 0 Å². The van der Waals surface area contributed by atoms with Gasteiger partial charge in [0.05, 0.1) is 16.6 Å². The summed E-state index contributed by atoms with van der Waals surface area (Å²) in [7, 11) is -3.86. The lowest BCUT2D eigenvalue weighted by Crippen LogP contribution is -2.23. The highest BCUT2D eigenvalue weighted by Gasteiger charge is 2.18. The van der Waals surface area contributed by atoms with Gasteiger partial charge in [0.25, 0.3) is 10.0 Å². The van der Waals surface area contributed by atoms with E-state index >= 15 is 0 Å². The zero-order valence-corrected chi connectivity index (χ0v) is 11.4. The fourth-order valence-electron chi connectivity index (χ4n) is 1.68. The second-order valence-electron chi connectivity index (χ2n) is 4.16. The average molecular weight is 292 g/mol. The highest BCUT2D eigenvalue weighted by Crippen LogP contribution is 2.20. The molecule has 20 heavy (non-hydrogen) atoms. The minimum Gasteiger partial charge on any atom is -0.545 e. The number of anilines is 1. The zero-order valence-electron chi connectivity index (χ0n) is 10.6. The Balaban J connectivity index is 2.44. The molecule has 0 fully saturated rings. The Bertz CT molecular complexity index is 742. The van der Waals surface area contributed by atoms with Crippen molar-refractivity contribution in [3.05, 3.63) is 53.9 Å². The number of benzene rings is 1. The maximum atomic E-state index is 12.3. The van der Waals surface area contributed by atoms with Crippen molar-refractivity contribution in [2.45, 2.75) is 11.8 Å². The largest absolute Gasteiger partial charge is 0.545 e. The van der Waals surface area contributed by atoms with E-state index in [0.717, 1.165) is 6.07 Å². The van der Waals surface area contributed by atoms with Crippen LogP contribution in [0.5, 0.6) is 0 Å². The normalized spacial score (nSPS) is 11.1. The molecule has 0 aliphatic carbocycles. The topological polar surface area (TPSA) is 100 Å². The molecular weight excluding hydrogens is 280 g/mol. The summed E-state index contributed by atoms with van der Waals surface area (Å²) in [6.45, 7) is 1.59. The van der Waals surface area contributed by atoms with E-state index in [2.05, 4.69) is 9.71 Å². The molecule has 2 rings (SSSR count). The van der Waals surface area contributed by atoms with Crippen molar-refractivity contribution in [2.75, 3.05) is 4.72 Å². The maximum absolute atomic E-state index is 12.3. The third kappa shape index (κ3) is 2.94. The van der Waals surface area contributed by atoms with Crippen molar-refractivity contribution in [3.8, 4) is 0 Å². The Morgan fingerprint density at radius 3 is 2.45 bits per heavy atom. The number of nitrogens with one attached hydrogen (secondary N) is 2. The minimum atomic E-state index is -3.86. The highest BCUT2D eigenvalue weighted by atomic mass is 32.2. The van der Waals surface area contributed by atoms with E-state index in [9.17, 15) is 18.3 Å². The van der Waals surface area contributed by atoms with E-state index in [1.54, 1.807) is 31.5 Å². The van der Waals surface area contributed by atoms with Gasteiger partial charge in [-0.2, -0.15) is 0 Å². The standard InChI is InChI=1S/C13H12N2O4S/c1-9-2-3-10(13(16)17)8-12(9)20(18,19)15-11-4-6-14-7-5-11/h2-8H,1H3,(H,14,15)(H,16,17). The minimum absolute atomic E-state index is 0.0907. The first-order chi connectivity index (χ1) is 9.40. The number of pyridine rings is 1. The van der Waals surface area contributed by atoms with E-state index < -0.39 is 16.0 Å². The van der Waals surface area contributed by atoms with Crippen LogP contribution in [0.4, 0.5) is 5.69 Å². The number of aromatic amines is 1. The number of aromatic nitrogens is 1. The van der Waals surface area contributed by atoms with Crippen LogP contribution in [0.3, 0.4) is 0 Å². The van der Waals surface area contributed by atoms with Crippen molar-refractivity contribution in [1.29, 1.82) is 0 Å². The number of carboxylic acids is 1. The second kappa shape index (κ2) is 5.30. The molecule has 0 saturated carbocycles. The molecule has 2 aromatic rings. The smallest absolute Gasteiger partial charge is 0.262 e. The van der Waals surface area contributed by atoms with Gasteiger partial charge in [-0.3, -0.25) is 4.72 Å². The molecule has 0 aliphatic heterocycles. The van der Waals surface area contributed by atoms with Gasteiger partial charge in [-0.1, -0.05) is 12.1 Å². The molecule has 0 bridgehead atoms. The number of carboxylic acid groups (broad SMARTS) is 1. The van der Waals surface area contributed by atoms with Crippen LogP contribution in [0.2, 0.25) is 0 Å². The van der Waals surface area contributed by atoms with E-state index in [-0.39, 0.29) is 10.5 Å². The number of carbonyl (C=O) groups excluding carboxylic acids is 1. The lowest BCUT2D eigenvalue weighted by molar-refractivity contribution is -0.377. The fraction of sp³-hybridized carbons (Fsp3) is 0.0769. The van der Waals surface area contributed by atoms with Crippen molar-refractivity contribution in [2.24, 2.45) is 0 Å². The molecular formula is C13H12N2O4S. The van der Waals surface area contributed by atoms with E-state index in [1.807, 2.05) is 0 Å². The first-order valence-corrected chi connectivity index (χ1v) is 7.19. The number of hydrogen-bond donors (Lipinski definition) is 1. The van der Waals surface area contributed by atoms with E-state index in [4.69, 9.17) is 0 Å². The molecule has 104 valence electrons. The monoisotopic (exact) mass is 292 g/mol. The molecule has 0 aliphatic rings. The van der Waals surface area contributed by atoms with Crippen LogP contribution >= 0.6 is 0 Å². The zero-order chi connectivity index (χ0) is 14.8.